The van der Waals surface area contributed by atoms with Gasteiger partial charge in [-0.2, -0.15) is 0 Å². The number of thiophene rings is 1. The van der Waals surface area contributed by atoms with Crippen molar-refractivity contribution in [1.29, 1.82) is 0 Å². The molecule has 4 aromatic rings. The summed E-state index contributed by atoms with van der Waals surface area (Å²) in [4.78, 5) is 19.5. The minimum atomic E-state index is -0.132. The van der Waals surface area contributed by atoms with Crippen LogP contribution in [0.25, 0.3) is 0 Å². The number of rotatable bonds is 8. The zero-order valence-corrected chi connectivity index (χ0v) is 24.0. The maximum absolute atomic E-state index is 13.4. The molecule has 3 aromatic carbocycles. The van der Waals surface area contributed by atoms with Gasteiger partial charge in [0.25, 0.3) is 5.91 Å². The Morgan fingerprint density at radius 3 is 2.71 bits per heavy atom. The van der Waals surface area contributed by atoms with E-state index in [1.165, 1.54) is 4.88 Å². The number of anilines is 1. The Kier molecular flexibility index (Phi) is 8.47. The van der Waals surface area contributed by atoms with Crippen LogP contribution in [0, 0.1) is 0 Å². The minimum Gasteiger partial charge on any atom is -0.493 e. The van der Waals surface area contributed by atoms with E-state index in [0.29, 0.717) is 33.7 Å². The third-order valence-electron chi connectivity index (χ3n) is 6.27. The predicted octanol–water partition coefficient (Wildman–Crippen LogP) is 8.63. The van der Waals surface area contributed by atoms with Crippen molar-refractivity contribution < 1.29 is 14.3 Å². The van der Waals surface area contributed by atoms with E-state index in [2.05, 4.69) is 21.2 Å². The van der Waals surface area contributed by atoms with Gasteiger partial charge in [0.1, 0.15) is 11.6 Å². The molecule has 38 heavy (non-hydrogen) atoms. The molecule has 0 atom stereocenters. The van der Waals surface area contributed by atoms with E-state index in [-0.39, 0.29) is 5.91 Å². The second-order valence-corrected chi connectivity index (χ2v) is 11.4. The molecule has 0 spiro atoms. The fourth-order valence-electron chi connectivity index (χ4n) is 4.49. The summed E-state index contributed by atoms with van der Waals surface area (Å²) < 4.78 is 12.7. The zero-order chi connectivity index (χ0) is 26.5. The molecule has 194 valence electrons. The van der Waals surface area contributed by atoms with E-state index in [9.17, 15) is 4.79 Å². The van der Waals surface area contributed by atoms with Gasteiger partial charge in [-0.3, -0.25) is 4.79 Å². The highest BCUT2D eigenvalue weighted by Crippen LogP contribution is 2.41. The Bertz CT molecular complexity index is 1490. The van der Waals surface area contributed by atoms with Crippen LogP contribution in [0.2, 0.25) is 5.02 Å². The van der Waals surface area contributed by atoms with Crippen LogP contribution in [0.4, 0.5) is 10.7 Å². The fourth-order valence-corrected chi connectivity index (χ4v) is 6.39. The van der Waals surface area contributed by atoms with Crippen LogP contribution in [-0.2, 0) is 19.4 Å². The SMILES string of the molecule is COc1cc(Br)cc(C=Nc2sc3c(c2C(=O)Nc2ccccc2)CCCC3)c1OCc1cccc(Cl)c1. The van der Waals surface area contributed by atoms with Crippen molar-refractivity contribution in [3.63, 3.8) is 0 Å². The molecule has 0 saturated carbocycles. The number of methoxy groups -OCH3 is 1. The van der Waals surface area contributed by atoms with E-state index < -0.39 is 0 Å². The van der Waals surface area contributed by atoms with Gasteiger partial charge in [0, 0.05) is 31.8 Å². The predicted molar refractivity (Wildman–Crippen MR) is 159 cm³/mol. The quantitative estimate of drug-likeness (QED) is 0.203. The summed E-state index contributed by atoms with van der Waals surface area (Å²) in [6.45, 7) is 0.317. The largest absolute Gasteiger partial charge is 0.493 e. The number of aliphatic imine (C=N–C) groups is 1. The van der Waals surface area contributed by atoms with Gasteiger partial charge in [-0.1, -0.05) is 57.9 Å². The molecule has 5 nitrogen and oxygen atoms in total. The van der Waals surface area contributed by atoms with E-state index in [4.69, 9.17) is 26.1 Å². The highest BCUT2D eigenvalue weighted by atomic mass is 79.9. The molecule has 1 N–H and O–H groups in total. The van der Waals surface area contributed by atoms with Crippen LogP contribution < -0.4 is 14.8 Å². The first-order valence-electron chi connectivity index (χ1n) is 12.3. The third-order valence-corrected chi connectivity index (χ3v) is 8.17. The number of ether oxygens (including phenoxy) is 2. The normalized spacial score (nSPS) is 12.8. The van der Waals surface area contributed by atoms with E-state index in [0.717, 1.165) is 52.5 Å². The number of nitrogens with one attached hydrogen (secondary N) is 1. The number of carbonyl (C=O) groups excluding carboxylic acids is 1. The number of hydrogen-bond acceptors (Lipinski definition) is 5. The van der Waals surface area contributed by atoms with Crippen LogP contribution in [-0.4, -0.2) is 19.2 Å². The summed E-state index contributed by atoms with van der Waals surface area (Å²) in [5, 5.41) is 4.40. The lowest BCUT2D eigenvalue weighted by molar-refractivity contribution is 0.102. The molecule has 1 aromatic heterocycles. The zero-order valence-electron chi connectivity index (χ0n) is 20.8. The van der Waals surface area contributed by atoms with Crippen LogP contribution in [0.3, 0.4) is 0 Å². The number of carbonyl (C=O) groups is 1. The van der Waals surface area contributed by atoms with Crippen molar-refractivity contribution in [2.45, 2.75) is 32.3 Å². The average molecular weight is 610 g/mol. The number of fused-ring (bicyclic) bond motifs is 1. The number of aryl methyl sites for hydroxylation is 1. The number of amides is 1. The summed E-state index contributed by atoms with van der Waals surface area (Å²) in [5.74, 6) is 1.01. The van der Waals surface area contributed by atoms with Crippen molar-refractivity contribution in [1.82, 2.24) is 0 Å². The Balaban J connectivity index is 1.49. The first-order valence-corrected chi connectivity index (χ1v) is 14.3. The molecule has 0 fully saturated rings. The molecule has 0 aliphatic heterocycles. The van der Waals surface area contributed by atoms with Gasteiger partial charge in [-0.05, 0) is 73.2 Å². The molecular weight excluding hydrogens is 584 g/mol. The number of nitrogens with zero attached hydrogens (tertiary/aromatic N) is 1. The van der Waals surface area contributed by atoms with Crippen molar-refractivity contribution >= 4 is 61.7 Å². The Labute approximate surface area is 239 Å². The molecule has 0 bridgehead atoms. The molecule has 5 rings (SSSR count). The lowest BCUT2D eigenvalue weighted by Crippen LogP contribution is -2.14. The molecule has 8 heteroatoms. The van der Waals surface area contributed by atoms with Gasteiger partial charge >= 0.3 is 0 Å². The fraction of sp³-hybridized carbons (Fsp3) is 0.200. The van der Waals surface area contributed by atoms with Crippen LogP contribution in [0.5, 0.6) is 11.5 Å². The summed E-state index contributed by atoms with van der Waals surface area (Å²) in [7, 11) is 1.61. The lowest BCUT2D eigenvalue weighted by Gasteiger charge is -2.14. The molecule has 0 radical (unpaired) electrons. The number of halogens is 2. The molecule has 0 unspecified atom stereocenters. The maximum Gasteiger partial charge on any atom is 0.259 e. The number of hydrogen-bond donors (Lipinski definition) is 1. The van der Waals surface area contributed by atoms with Gasteiger partial charge in [0.2, 0.25) is 0 Å². The van der Waals surface area contributed by atoms with Crippen LogP contribution in [0.15, 0.2) is 76.2 Å². The highest BCUT2D eigenvalue weighted by Gasteiger charge is 2.25. The van der Waals surface area contributed by atoms with Crippen molar-refractivity contribution in [2.24, 2.45) is 4.99 Å². The molecular formula is C30H26BrClN2O3S. The Hall–Kier alpha value is -3.13. The topological polar surface area (TPSA) is 59.9 Å². The van der Waals surface area contributed by atoms with Crippen molar-refractivity contribution in [3.8, 4) is 11.5 Å². The first-order chi connectivity index (χ1) is 18.5. The van der Waals surface area contributed by atoms with Gasteiger partial charge < -0.3 is 14.8 Å². The summed E-state index contributed by atoms with van der Waals surface area (Å²) in [5.41, 5.74) is 4.21. The highest BCUT2D eigenvalue weighted by molar-refractivity contribution is 9.10. The summed E-state index contributed by atoms with van der Waals surface area (Å²) >= 11 is 11.3. The summed E-state index contributed by atoms with van der Waals surface area (Å²) in [6, 6.07) is 20.8. The van der Waals surface area contributed by atoms with E-state index in [1.54, 1.807) is 24.7 Å². The second kappa shape index (κ2) is 12.2. The van der Waals surface area contributed by atoms with Gasteiger partial charge in [-0.15, -0.1) is 11.3 Å². The van der Waals surface area contributed by atoms with Crippen LogP contribution >= 0.6 is 38.9 Å². The summed E-state index contributed by atoms with van der Waals surface area (Å²) in [6.07, 6.45) is 5.80. The van der Waals surface area contributed by atoms with E-state index in [1.807, 2.05) is 66.7 Å². The molecule has 1 aliphatic carbocycles. The van der Waals surface area contributed by atoms with Gasteiger partial charge in [-0.25, -0.2) is 4.99 Å². The average Bonchev–Trinajstić information content (AvgIpc) is 3.30. The van der Waals surface area contributed by atoms with Gasteiger partial charge in [0.15, 0.2) is 11.5 Å². The monoisotopic (exact) mass is 608 g/mol. The standard InChI is InChI=1S/C30H26BrClN2O3S/c1-36-25-16-21(31)15-20(28(25)37-18-19-8-7-9-22(32)14-19)17-33-30-27(24-12-5-6-13-26(24)38-30)29(35)34-23-10-3-2-4-11-23/h2-4,7-11,14-17H,5-6,12-13,18H2,1H3,(H,34,35). The Morgan fingerprint density at radius 1 is 1.11 bits per heavy atom. The molecule has 1 aliphatic rings. The molecule has 1 heterocycles. The number of para-hydroxylation sites is 1. The maximum atomic E-state index is 13.4. The van der Waals surface area contributed by atoms with Crippen molar-refractivity contribution in [2.75, 3.05) is 12.4 Å². The third kappa shape index (κ3) is 6.12. The first kappa shape index (κ1) is 26.5. The lowest BCUT2D eigenvalue weighted by atomic mass is 9.95. The number of benzene rings is 3. The van der Waals surface area contributed by atoms with Crippen LogP contribution in [0.1, 0.15) is 44.8 Å². The molecule has 0 saturated heterocycles. The van der Waals surface area contributed by atoms with Crippen molar-refractivity contribution in [3.05, 3.63) is 103 Å². The minimum absolute atomic E-state index is 0.132. The second-order valence-electron chi connectivity index (χ2n) is 8.91. The molecule has 1 amide bonds. The van der Waals surface area contributed by atoms with Gasteiger partial charge in [0.05, 0.1) is 12.7 Å². The smallest absolute Gasteiger partial charge is 0.259 e. The van der Waals surface area contributed by atoms with E-state index >= 15 is 0 Å². The Morgan fingerprint density at radius 2 is 1.92 bits per heavy atom.